The van der Waals surface area contributed by atoms with Gasteiger partial charge in [0.1, 0.15) is 0 Å². The topological polar surface area (TPSA) is 271 Å². The van der Waals surface area contributed by atoms with E-state index in [1.807, 2.05) is 83.1 Å². The van der Waals surface area contributed by atoms with Crippen molar-refractivity contribution in [3.63, 3.8) is 0 Å². The molecule has 0 aromatic carbocycles. The summed E-state index contributed by atoms with van der Waals surface area (Å²) in [7, 11) is 0. The molecule has 0 bridgehead atoms. The van der Waals surface area contributed by atoms with Crippen molar-refractivity contribution in [1.29, 1.82) is 0 Å². The van der Waals surface area contributed by atoms with E-state index >= 15 is 0 Å². The molecule has 3 heterocycles. The van der Waals surface area contributed by atoms with E-state index in [2.05, 4.69) is 44.9 Å². The first-order valence-corrected chi connectivity index (χ1v) is 27.8. The van der Waals surface area contributed by atoms with Crippen molar-refractivity contribution >= 4 is 188 Å². The molecular formula is C51H69BaN15Ni2O6S6. The van der Waals surface area contributed by atoms with Crippen LogP contribution in [0.1, 0.15) is 117 Å². The molecule has 0 N–H and O–H groups in total. The summed E-state index contributed by atoms with van der Waals surface area (Å²) in [5.74, 6) is -3.57. The molecule has 30 heteroatoms. The molecule has 0 aliphatic heterocycles. The van der Waals surface area contributed by atoms with Crippen molar-refractivity contribution in [2.75, 3.05) is 78.5 Å². The van der Waals surface area contributed by atoms with Crippen LogP contribution in [-0.4, -0.2) is 238 Å². The van der Waals surface area contributed by atoms with Gasteiger partial charge in [-0.1, -0.05) is 18.2 Å². The second-order valence-electron chi connectivity index (χ2n) is 15.5. The summed E-state index contributed by atoms with van der Waals surface area (Å²) in [6.45, 7) is 30.9. The number of nitrogens with zero attached hydrogens (tertiary/aromatic N) is 15. The maximum Gasteiger partial charge on any atom is 2.00 e. The van der Waals surface area contributed by atoms with Crippen LogP contribution in [0.15, 0.2) is 84.6 Å². The van der Waals surface area contributed by atoms with Gasteiger partial charge in [-0.2, -0.15) is 0 Å². The van der Waals surface area contributed by atoms with Crippen LogP contribution in [0, 0.1) is 0 Å². The zero-order valence-corrected chi connectivity index (χ0v) is 58.9. The Kier molecular flexibility index (Phi) is 44.9. The van der Waals surface area contributed by atoms with Crippen molar-refractivity contribution in [3.8, 4) is 0 Å². The molecule has 0 atom stereocenters. The van der Waals surface area contributed by atoms with Crippen LogP contribution in [0.4, 0.5) is 0 Å². The SMILES string of the molecule is CCN(CC)C(=S)/N=C(\[O-])c1cccc(/C([O-])=N/C(=S)N(CC)CC)n1.CCN(CC)C(=S)/N=C(\[O-])c1cccc(/C([O-])=N/C(=S)N(CC)CC)n1.CCN(CC)C(=S)/N=C(\[O-])c1cccc(/C([O-])=N/C(=S)N(CC)CC)n1.[Ba+2].[Ni+2].[Ni+2]. The van der Waals surface area contributed by atoms with Gasteiger partial charge in [0.15, 0.2) is 30.7 Å². The molecule has 442 valence electrons. The fourth-order valence-corrected chi connectivity index (χ4v) is 8.32. The number of aliphatic imine (C=N–C) groups is 6. The summed E-state index contributed by atoms with van der Waals surface area (Å²) in [6, 6.07) is 13.6. The van der Waals surface area contributed by atoms with Gasteiger partial charge in [0.2, 0.25) is 0 Å². The number of hydrogen-bond acceptors (Lipinski definition) is 15. The van der Waals surface area contributed by atoms with Crippen molar-refractivity contribution in [2.45, 2.75) is 83.1 Å². The van der Waals surface area contributed by atoms with Gasteiger partial charge >= 0.3 is 81.9 Å². The van der Waals surface area contributed by atoms with Gasteiger partial charge < -0.3 is 60.0 Å². The van der Waals surface area contributed by atoms with Crippen molar-refractivity contribution in [2.24, 2.45) is 30.0 Å². The van der Waals surface area contributed by atoms with E-state index in [4.69, 9.17) is 73.3 Å². The van der Waals surface area contributed by atoms with Gasteiger partial charge in [-0.25, -0.2) is 44.9 Å². The van der Waals surface area contributed by atoms with Crippen molar-refractivity contribution < 1.29 is 63.6 Å². The molecule has 0 aliphatic carbocycles. The quantitative estimate of drug-likeness (QED) is 0.0751. The van der Waals surface area contributed by atoms with E-state index in [0.717, 1.165) is 0 Å². The summed E-state index contributed by atoms with van der Waals surface area (Å²) in [4.78, 5) is 46.2. The molecule has 0 saturated carbocycles. The Labute approximate surface area is 570 Å². The molecule has 0 amide bonds. The van der Waals surface area contributed by atoms with Gasteiger partial charge in [0, 0.05) is 114 Å². The summed E-state index contributed by atoms with van der Waals surface area (Å²) >= 11 is 30.9. The fourth-order valence-electron chi connectivity index (χ4n) is 6.27. The van der Waals surface area contributed by atoms with Crippen LogP contribution >= 0.6 is 73.3 Å². The molecule has 0 spiro atoms. The van der Waals surface area contributed by atoms with Crippen LogP contribution in [0.25, 0.3) is 0 Å². The minimum absolute atomic E-state index is 0. The molecule has 0 unspecified atom stereocenters. The van der Waals surface area contributed by atoms with E-state index in [1.165, 1.54) is 36.4 Å². The van der Waals surface area contributed by atoms with Gasteiger partial charge in [-0.3, -0.25) is 0 Å². The third-order valence-corrected chi connectivity index (χ3v) is 13.0. The number of thiocarbonyl (C=S) groups is 6. The third kappa shape index (κ3) is 28.1. The van der Waals surface area contributed by atoms with Gasteiger partial charge in [-0.15, -0.1) is 0 Å². The molecule has 21 nitrogen and oxygen atoms in total. The zero-order chi connectivity index (χ0) is 59.1. The molecule has 0 radical (unpaired) electrons. The molecular weight excluding hydrogens is 1370 g/mol. The number of rotatable bonds is 18. The summed E-state index contributed by atoms with van der Waals surface area (Å²) in [5, 5.41) is 74.8. The monoisotopic (exact) mass is 1430 g/mol. The predicted octanol–water partition coefficient (Wildman–Crippen LogP) is 1.26. The molecule has 3 rings (SSSR count). The molecule has 3 aromatic rings. The van der Waals surface area contributed by atoms with Crippen LogP contribution < -0.4 is 30.6 Å². The summed E-state index contributed by atoms with van der Waals surface area (Å²) < 4.78 is 0. The minimum atomic E-state index is -0.595. The van der Waals surface area contributed by atoms with E-state index in [9.17, 15) is 30.6 Å². The van der Waals surface area contributed by atoms with Crippen molar-refractivity contribution in [1.82, 2.24) is 44.4 Å². The van der Waals surface area contributed by atoms with E-state index in [0.29, 0.717) is 78.5 Å². The summed E-state index contributed by atoms with van der Waals surface area (Å²) in [6.07, 6.45) is 0. The second-order valence-corrected chi connectivity index (χ2v) is 17.6. The smallest absolute Gasteiger partial charge is 0.857 e. The maximum atomic E-state index is 12.3. The number of aromatic nitrogens is 3. The Bertz CT molecular complexity index is 2230. The Balaban J connectivity index is -0.00000111. The average molecular weight is 1440 g/mol. The third-order valence-electron chi connectivity index (χ3n) is 10.9. The van der Waals surface area contributed by atoms with Crippen LogP contribution in [-0.2, 0) is 33.0 Å². The Morgan fingerprint density at radius 1 is 0.296 bits per heavy atom. The van der Waals surface area contributed by atoms with Gasteiger partial charge in [0.05, 0.1) is 34.2 Å². The molecule has 0 aliphatic rings. The Morgan fingerprint density at radius 3 is 0.506 bits per heavy atom. The predicted molar refractivity (Wildman–Crippen MR) is 331 cm³/mol. The van der Waals surface area contributed by atoms with Crippen LogP contribution in [0.3, 0.4) is 0 Å². The van der Waals surface area contributed by atoms with Crippen LogP contribution in [0.5, 0.6) is 0 Å². The minimum Gasteiger partial charge on any atom is -0.857 e. The van der Waals surface area contributed by atoms with E-state index in [-0.39, 0.29) is 147 Å². The number of hydrogen-bond donors (Lipinski definition) is 0. The average Bonchev–Trinajstić information content (AvgIpc) is 3.43. The zero-order valence-electron chi connectivity index (χ0n) is 47.6. The first-order valence-electron chi connectivity index (χ1n) is 25.3. The van der Waals surface area contributed by atoms with Gasteiger partial charge in [-0.05, 0) is 193 Å². The van der Waals surface area contributed by atoms with E-state index < -0.39 is 35.4 Å². The Hall–Kier alpha value is -3.83. The Morgan fingerprint density at radius 2 is 0.407 bits per heavy atom. The second kappa shape index (κ2) is 44.7. The molecule has 0 fully saturated rings. The first kappa shape index (κ1) is 81.4. The molecule has 3 aromatic heterocycles. The first-order chi connectivity index (χ1) is 37.1. The summed E-state index contributed by atoms with van der Waals surface area (Å²) in [5.41, 5.74) is 0.218. The molecule has 0 saturated heterocycles. The maximum absolute atomic E-state index is 12.3. The fraction of sp³-hybridized carbons (Fsp3) is 0.471. The normalized spacial score (nSPS) is 11.6. The number of pyridine rings is 3. The standard InChI is InChI=1S/3C17H25N5O2S2.Ba.2Ni/c3*1-5-21(6-2)16(25)19-14(23)12-10-9-11-13(18-12)15(24)20-17(26)22(7-3)8-4;;;/h3*9-11H,5-8H2,1-4H3,(H,19,23,25)(H,20,24,26);;;/q;;;3*+2/p-6. The van der Waals surface area contributed by atoms with E-state index in [1.54, 1.807) is 47.6 Å². The van der Waals surface area contributed by atoms with Gasteiger partial charge in [0.25, 0.3) is 0 Å². The molecule has 81 heavy (non-hydrogen) atoms. The van der Waals surface area contributed by atoms with Crippen LogP contribution in [0.2, 0.25) is 0 Å². The van der Waals surface area contributed by atoms with Crippen molar-refractivity contribution in [3.05, 3.63) is 88.8 Å². The largest absolute Gasteiger partial charge is 2.00 e.